The third kappa shape index (κ3) is 4.37. The van der Waals surface area contributed by atoms with Crippen molar-refractivity contribution in [3.8, 4) is 0 Å². The topological polar surface area (TPSA) is 89.8 Å². The third-order valence-electron chi connectivity index (χ3n) is 4.78. The molecule has 0 spiro atoms. The zero-order chi connectivity index (χ0) is 16.2. The van der Waals surface area contributed by atoms with Crippen molar-refractivity contribution in [3.05, 3.63) is 5.82 Å². The van der Waals surface area contributed by atoms with Gasteiger partial charge in [0.05, 0.1) is 11.8 Å². The summed E-state index contributed by atoms with van der Waals surface area (Å²) in [5.74, 6) is 1.31. The highest BCUT2D eigenvalue weighted by Gasteiger charge is 2.29. The Morgan fingerprint density at radius 2 is 2.04 bits per heavy atom. The average molecular weight is 339 g/mol. The summed E-state index contributed by atoms with van der Waals surface area (Å²) in [5.41, 5.74) is 0. The summed E-state index contributed by atoms with van der Waals surface area (Å²) in [4.78, 5) is 12.2. The van der Waals surface area contributed by atoms with Crippen LogP contribution in [0.15, 0.2) is 0 Å². The van der Waals surface area contributed by atoms with E-state index in [4.69, 9.17) is 0 Å². The molecule has 2 aliphatic carbocycles. The zero-order valence-corrected chi connectivity index (χ0v) is 14.4. The van der Waals surface area contributed by atoms with Crippen LogP contribution in [0.3, 0.4) is 0 Å². The van der Waals surface area contributed by atoms with Gasteiger partial charge in [0.25, 0.3) is 0 Å². The number of nitrogens with zero attached hydrogens (tertiary/aromatic N) is 4. The minimum atomic E-state index is -1.31. The van der Waals surface area contributed by atoms with Crippen LogP contribution < -0.4 is 5.32 Å². The van der Waals surface area contributed by atoms with Crippen LogP contribution in [0.1, 0.15) is 63.7 Å². The van der Waals surface area contributed by atoms with Gasteiger partial charge in [-0.05, 0) is 49.0 Å². The number of carbonyl (C=O) groups is 1. The fourth-order valence-electron chi connectivity index (χ4n) is 3.06. The molecule has 0 aliphatic heterocycles. The summed E-state index contributed by atoms with van der Waals surface area (Å²) < 4.78 is 14.2. The minimum Gasteiger partial charge on any atom is -0.355 e. The maximum absolute atomic E-state index is 12.4. The Morgan fingerprint density at radius 3 is 2.74 bits per heavy atom. The van der Waals surface area contributed by atoms with Crippen molar-refractivity contribution in [2.75, 3.05) is 6.54 Å². The van der Waals surface area contributed by atoms with Gasteiger partial charge in [0.1, 0.15) is 5.25 Å². The Balaban J connectivity index is 1.47. The van der Waals surface area contributed by atoms with E-state index >= 15 is 0 Å². The molecule has 2 fully saturated rings. The number of hydrogen-bond donors (Lipinski definition) is 1. The normalized spacial score (nSPS) is 21.8. The standard InChI is InChI=1S/C15H25N5O2S/c1-11(15(21)16-9-12-5-3-2-4-6-12)23(22)10-14-17-18-19-20(14)13-7-8-13/h11-13H,2-10H2,1H3,(H,16,21)/t11-,23+/m1/s1. The second-order valence-corrected chi connectivity index (χ2v) is 8.44. The summed E-state index contributed by atoms with van der Waals surface area (Å²) in [7, 11) is -1.31. The second kappa shape index (κ2) is 7.51. The first-order chi connectivity index (χ1) is 11.1. The quantitative estimate of drug-likeness (QED) is 0.810. The van der Waals surface area contributed by atoms with Crippen LogP contribution in [-0.4, -0.2) is 42.1 Å². The van der Waals surface area contributed by atoms with E-state index in [0.29, 0.717) is 24.3 Å². The highest BCUT2D eigenvalue weighted by molar-refractivity contribution is 7.85. The average Bonchev–Trinajstić information content (AvgIpc) is 3.32. The van der Waals surface area contributed by atoms with E-state index in [1.54, 1.807) is 11.6 Å². The van der Waals surface area contributed by atoms with E-state index in [-0.39, 0.29) is 11.7 Å². The fraction of sp³-hybridized carbons (Fsp3) is 0.867. The highest BCUT2D eigenvalue weighted by atomic mass is 32.2. The molecule has 2 aliphatic rings. The zero-order valence-electron chi connectivity index (χ0n) is 13.6. The first kappa shape index (κ1) is 16.5. The molecule has 1 aromatic heterocycles. The Morgan fingerprint density at radius 1 is 1.30 bits per heavy atom. The van der Waals surface area contributed by atoms with E-state index in [1.807, 2.05) is 0 Å². The van der Waals surface area contributed by atoms with E-state index in [9.17, 15) is 9.00 Å². The lowest BCUT2D eigenvalue weighted by Crippen LogP contribution is -2.39. The van der Waals surface area contributed by atoms with Crippen LogP contribution in [-0.2, 0) is 21.3 Å². The summed E-state index contributed by atoms with van der Waals surface area (Å²) in [5, 5.41) is 14.0. The molecule has 0 radical (unpaired) electrons. The lowest BCUT2D eigenvalue weighted by atomic mass is 9.89. The molecule has 8 heteroatoms. The minimum absolute atomic E-state index is 0.126. The van der Waals surface area contributed by atoms with E-state index in [0.717, 1.165) is 12.8 Å². The maximum atomic E-state index is 12.4. The summed E-state index contributed by atoms with van der Waals surface area (Å²) in [6.45, 7) is 2.43. The van der Waals surface area contributed by atoms with Crippen LogP contribution >= 0.6 is 0 Å². The molecule has 1 heterocycles. The molecule has 2 atom stereocenters. The molecule has 1 N–H and O–H groups in total. The predicted molar refractivity (Wildman–Crippen MR) is 87.0 cm³/mol. The van der Waals surface area contributed by atoms with Crippen molar-refractivity contribution in [2.45, 2.75) is 68.9 Å². The molecule has 23 heavy (non-hydrogen) atoms. The lowest BCUT2D eigenvalue weighted by molar-refractivity contribution is -0.120. The molecule has 128 valence electrons. The molecule has 0 saturated heterocycles. The molecule has 7 nitrogen and oxygen atoms in total. The Hall–Kier alpha value is -1.31. The van der Waals surface area contributed by atoms with Crippen molar-refractivity contribution in [2.24, 2.45) is 5.92 Å². The lowest BCUT2D eigenvalue weighted by Gasteiger charge is -2.22. The third-order valence-corrected chi connectivity index (χ3v) is 6.32. The number of nitrogens with one attached hydrogen (secondary N) is 1. The van der Waals surface area contributed by atoms with Crippen molar-refractivity contribution in [1.82, 2.24) is 25.5 Å². The highest BCUT2D eigenvalue weighted by Crippen LogP contribution is 2.34. The van der Waals surface area contributed by atoms with Crippen LogP contribution in [0.4, 0.5) is 0 Å². The Kier molecular flexibility index (Phi) is 5.40. The number of hydrogen-bond acceptors (Lipinski definition) is 5. The molecule has 1 aromatic rings. The molecule has 2 saturated carbocycles. The largest absolute Gasteiger partial charge is 0.355 e. The van der Waals surface area contributed by atoms with Crippen molar-refractivity contribution >= 4 is 16.7 Å². The first-order valence-electron chi connectivity index (χ1n) is 8.56. The van der Waals surface area contributed by atoms with Crippen LogP contribution in [0.25, 0.3) is 0 Å². The van der Waals surface area contributed by atoms with Crippen LogP contribution in [0.2, 0.25) is 0 Å². The first-order valence-corrected chi connectivity index (χ1v) is 9.95. The van der Waals surface area contributed by atoms with Gasteiger partial charge in [-0.1, -0.05) is 19.3 Å². The SMILES string of the molecule is C[C@H](C(=O)NCC1CCCCC1)[S@@](=O)Cc1nnnn1C1CC1. The molecule has 0 aromatic carbocycles. The Bertz CT molecular complexity index is 566. The smallest absolute Gasteiger partial charge is 0.235 e. The van der Waals surface area contributed by atoms with Crippen LogP contribution in [0.5, 0.6) is 0 Å². The monoisotopic (exact) mass is 339 g/mol. The summed E-state index contributed by atoms with van der Waals surface area (Å²) >= 11 is 0. The molecule has 3 rings (SSSR count). The van der Waals surface area contributed by atoms with Crippen LogP contribution in [0, 0.1) is 5.92 Å². The maximum Gasteiger partial charge on any atom is 0.235 e. The molecule has 0 bridgehead atoms. The number of tetrazole rings is 1. The van der Waals surface area contributed by atoms with Gasteiger partial charge in [-0.2, -0.15) is 0 Å². The number of amides is 1. The van der Waals surface area contributed by atoms with Crippen molar-refractivity contribution < 1.29 is 9.00 Å². The Labute approximate surface area is 139 Å². The molecule has 1 amide bonds. The van der Waals surface area contributed by atoms with Gasteiger partial charge in [-0.15, -0.1) is 5.10 Å². The van der Waals surface area contributed by atoms with Gasteiger partial charge in [0.15, 0.2) is 5.82 Å². The van der Waals surface area contributed by atoms with E-state index in [2.05, 4.69) is 20.8 Å². The summed E-state index contributed by atoms with van der Waals surface area (Å²) in [6.07, 6.45) is 8.34. The molecule has 0 unspecified atom stereocenters. The van der Waals surface area contributed by atoms with Gasteiger partial charge in [-0.25, -0.2) is 4.68 Å². The molecular weight excluding hydrogens is 314 g/mol. The van der Waals surface area contributed by atoms with Crippen molar-refractivity contribution in [1.29, 1.82) is 0 Å². The van der Waals surface area contributed by atoms with Gasteiger partial charge in [0, 0.05) is 17.3 Å². The van der Waals surface area contributed by atoms with Gasteiger partial charge >= 0.3 is 0 Å². The summed E-state index contributed by atoms with van der Waals surface area (Å²) in [6, 6.07) is 0.354. The van der Waals surface area contributed by atoms with Gasteiger partial charge < -0.3 is 5.32 Å². The molecular formula is C15H25N5O2S. The second-order valence-electron chi connectivity index (χ2n) is 6.69. The van der Waals surface area contributed by atoms with Gasteiger partial charge in [-0.3, -0.25) is 9.00 Å². The number of carbonyl (C=O) groups excluding carboxylic acids is 1. The predicted octanol–water partition coefficient (Wildman–Crippen LogP) is 1.34. The van der Waals surface area contributed by atoms with E-state index in [1.165, 1.54) is 32.1 Å². The van der Waals surface area contributed by atoms with Gasteiger partial charge in [0.2, 0.25) is 5.91 Å². The number of aromatic nitrogens is 4. The van der Waals surface area contributed by atoms with Crippen molar-refractivity contribution in [3.63, 3.8) is 0 Å². The number of rotatable bonds is 7. The fourth-order valence-corrected chi connectivity index (χ4v) is 4.08. The van der Waals surface area contributed by atoms with E-state index < -0.39 is 16.0 Å².